The number of rotatable bonds is 2. The number of fused-ring (bicyclic) bond motifs is 1. The highest BCUT2D eigenvalue weighted by atomic mass is 79.9. The van der Waals surface area contributed by atoms with Crippen molar-refractivity contribution in [3.05, 3.63) is 50.9 Å². The minimum Gasteiger partial charge on any atom is -0.324 e. The Labute approximate surface area is 138 Å². The molecule has 1 amide bonds. The van der Waals surface area contributed by atoms with Crippen LogP contribution in [0.3, 0.4) is 0 Å². The molecule has 0 spiro atoms. The Kier molecular flexibility index (Phi) is 3.93. The number of carbonyl (C=O) groups is 1. The molecule has 3 rings (SSSR count). The number of thioether (sulfide) groups is 1. The monoisotopic (exact) mass is 411 g/mol. The van der Waals surface area contributed by atoms with Crippen molar-refractivity contribution in [2.24, 2.45) is 0 Å². The molecule has 1 atom stereocenters. The van der Waals surface area contributed by atoms with E-state index in [0.29, 0.717) is 0 Å². The molecule has 0 saturated carbocycles. The molecular formula is C15H11Br2NOS. The molecule has 1 unspecified atom stereocenters. The zero-order chi connectivity index (χ0) is 14.3. The average molecular weight is 413 g/mol. The van der Waals surface area contributed by atoms with E-state index in [4.69, 9.17) is 0 Å². The van der Waals surface area contributed by atoms with Gasteiger partial charge in [-0.15, -0.1) is 11.8 Å². The number of amides is 1. The summed E-state index contributed by atoms with van der Waals surface area (Å²) in [6.45, 7) is 0. The lowest BCUT2D eigenvalue weighted by Crippen LogP contribution is -2.08. The van der Waals surface area contributed by atoms with Crippen LogP contribution in [-0.4, -0.2) is 12.2 Å². The maximum Gasteiger partial charge on any atom is 0.242 e. The Morgan fingerprint density at radius 1 is 1.15 bits per heavy atom. The van der Waals surface area contributed by atoms with Crippen LogP contribution in [0.15, 0.2) is 45.3 Å². The molecule has 5 heteroatoms. The van der Waals surface area contributed by atoms with Crippen molar-refractivity contribution < 1.29 is 4.79 Å². The Morgan fingerprint density at radius 2 is 1.90 bits per heavy atom. The summed E-state index contributed by atoms with van der Waals surface area (Å²) in [7, 11) is 0. The van der Waals surface area contributed by atoms with Crippen LogP contribution >= 0.6 is 43.6 Å². The van der Waals surface area contributed by atoms with Crippen LogP contribution in [0.1, 0.15) is 10.8 Å². The number of hydrogen-bond donors (Lipinski definition) is 1. The molecule has 20 heavy (non-hydrogen) atoms. The fourth-order valence-corrected chi connectivity index (χ4v) is 4.18. The van der Waals surface area contributed by atoms with Crippen molar-refractivity contribution in [3.63, 3.8) is 0 Å². The second-order valence-electron chi connectivity index (χ2n) is 4.51. The summed E-state index contributed by atoms with van der Waals surface area (Å²) in [5.41, 5.74) is 4.15. The topological polar surface area (TPSA) is 29.1 Å². The Morgan fingerprint density at radius 3 is 2.60 bits per heavy atom. The molecule has 1 heterocycles. The second kappa shape index (κ2) is 5.54. The van der Waals surface area contributed by atoms with Gasteiger partial charge in [-0.1, -0.05) is 34.1 Å². The fraction of sp³-hybridized carbons (Fsp3) is 0.133. The molecule has 1 aliphatic rings. The molecule has 0 aliphatic carbocycles. The van der Waals surface area contributed by atoms with Crippen LogP contribution in [0.2, 0.25) is 0 Å². The summed E-state index contributed by atoms with van der Waals surface area (Å²) in [4.78, 5) is 12.0. The highest BCUT2D eigenvalue weighted by molar-refractivity contribution is 9.11. The van der Waals surface area contributed by atoms with Gasteiger partial charge in [-0.25, -0.2) is 0 Å². The van der Waals surface area contributed by atoms with E-state index in [1.807, 2.05) is 30.5 Å². The van der Waals surface area contributed by atoms with Crippen LogP contribution in [-0.2, 0) is 4.79 Å². The van der Waals surface area contributed by atoms with Gasteiger partial charge in [0, 0.05) is 8.95 Å². The molecule has 0 bridgehead atoms. The number of carbonyl (C=O) groups excluding carboxylic acids is 1. The number of nitrogens with one attached hydrogen (secondary N) is 1. The van der Waals surface area contributed by atoms with Crippen LogP contribution in [0, 0.1) is 0 Å². The Bertz CT molecular complexity index is 702. The summed E-state index contributed by atoms with van der Waals surface area (Å²) < 4.78 is 1.97. The van der Waals surface area contributed by atoms with E-state index < -0.39 is 0 Å². The zero-order valence-corrected chi connectivity index (χ0v) is 14.6. The van der Waals surface area contributed by atoms with Gasteiger partial charge in [-0.3, -0.25) is 4.79 Å². The lowest BCUT2D eigenvalue weighted by Gasteiger charge is -2.11. The average Bonchev–Trinajstić information content (AvgIpc) is 2.75. The van der Waals surface area contributed by atoms with Crippen molar-refractivity contribution in [2.45, 2.75) is 5.25 Å². The quantitative estimate of drug-likeness (QED) is 0.731. The number of halogens is 2. The lowest BCUT2D eigenvalue weighted by molar-refractivity contribution is -0.115. The van der Waals surface area contributed by atoms with Gasteiger partial charge in [-0.05, 0) is 57.1 Å². The van der Waals surface area contributed by atoms with Crippen LogP contribution < -0.4 is 5.32 Å². The van der Waals surface area contributed by atoms with Gasteiger partial charge in [0.05, 0.1) is 5.69 Å². The predicted molar refractivity (Wildman–Crippen MR) is 92.2 cm³/mol. The van der Waals surface area contributed by atoms with Crippen molar-refractivity contribution in [2.75, 3.05) is 11.6 Å². The zero-order valence-electron chi connectivity index (χ0n) is 10.6. The van der Waals surface area contributed by atoms with Gasteiger partial charge in [0.25, 0.3) is 0 Å². The molecule has 0 saturated heterocycles. The summed E-state index contributed by atoms with van der Waals surface area (Å²) in [6.07, 6.45) is 1.96. The molecular weight excluding hydrogens is 402 g/mol. The van der Waals surface area contributed by atoms with Crippen LogP contribution in [0.25, 0.3) is 11.1 Å². The SMILES string of the molecule is CSC1C(=O)Nc2c(Br)cc(-c3ccccc3Br)cc21. The molecule has 1 N–H and O–H groups in total. The normalized spacial score (nSPS) is 16.9. The van der Waals surface area contributed by atoms with Gasteiger partial charge < -0.3 is 5.32 Å². The molecule has 2 nitrogen and oxygen atoms in total. The predicted octanol–water partition coefficient (Wildman–Crippen LogP) is 5.23. The van der Waals surface area contributed by atoms with E-state index in [-0.39, 0.29) is 11.2 Å². The summed E-state index contributed by atoms with van der Waals surface area (Å²) >= 11 is 8.70. The van der Waals surface area contributed by atoms with E-state index >= 15 is 0 Å². The maximum atomic E-state index is 12.0. The first-order valence-corrected chi connectivity index (χ1v) is 8.91. The lowest BCUT2D eigenvalue weighted by atomic mass is 10.0. The van der Waals surface area contributed by atoms with Crippen molar-refractivity contribution in [1.82, 2.24) is 0 Å². The standard InChI is InChI=1S/C15H11Br2NOS/c1-20-14-10-6-8(9-4-2-3-5-11(9)16)7-12(17)13(10)18-15(14)19/h2-7,14H,1H3,(H,18,19). The van der Waals surface area contributed by atoms with Crippen molar-refractivity contribution >= 4 is 55.2 Å². The summed E-state index contributed by atoms with van der Waals surface area (Å²) in [5, 5.41) is 2.81. The summed E-state index contributed by atoms with van der Waals surface area (Å²) in [5.74, 6) is 0.0532. The largest absolute Gasteiger partial charge is 0.324 e. The van der Waals surface area contributed by atoms with Crippen molar-refractivity contribution in [1.29, 1.82) is 0 Å². The van der Waals surface area contributed by atoms with Gasteiger partial charge in [-0.2, -0.15) is 0 Å². The third-order valence-electron chi connectivity index (χ3n) is 3.31. The molecule has 2 aromatic carbocycles. The van der Waals surface area contributed by atoms with Crippen LogP contribution in [0.4, 0.5) is 5.69 Å². The second-order valence-corrected chi connectivity index (χ2v) is 7.16. The highest BCUT2D eigenvalue weighted by Gasteiger charge is 2.31. The first-order valence-electron chi connectivity index (χ1n) is 6.04. The molecule has 0 radical (unpaired) electrons. The first kappa shape index (κ1) is 14.2. The van der Waals surface area contributed by atoms with E-state index in [1.54, 1.807) is 11.8 Å². The number of hydrogen-bond acceptors (Lipinski definition) is 2. The van der Waals surface area contributed by atoms with Gasteiger partial charge >= 0.3 is 0 Å². The van der Waals surface area contributed by atoms with E-state index in [0.717, 1.165) is 31.3 Å². The molecule has 1 aliphatic heterocycles. The minimum atomic E-state index is -0.135. The Balaban J connectivity index is 2.18. The van der Waals surface area contributed by atoms with Gasteiger partial charge in [0.15, 0.2) is 0 Å². The van der Waals surface area contributed by atoms with Crippen LogP contribution in [0.5, 0.6) is 0 Å². The molecule has 0 fully saturated rings. The highest BCUT2D eigenvalue weighted by Crippen LogP contribution is 2.45. The van der Waals surface area contributed by atoms with E-state index in [2.05, 4.69) is 49.3 Å². The van der Waals surface area contributed by atoms with Gasteiger partial charge in [0.1, 0.15) is 5.25 Å². The molecule has 2 aromatic rings. The third kappa shape index (κ3) is 2.32. The molecule has 0 aromatic heterocycles. The number of anilines is 1. The van der Waals surface area contributed by atoms with E-state index in [1.165, 1.54) is 0 Å². The van der Waals surface area contributed by atoms with E-state index in [9.17, 15) is 4.79 Å². The van der Waals surface area contributed by atoms with Gasteiger partial charge in [0.2, 0.25) is 5.91 Å². The fourth-order valence-electron chi connectivity index (χ4n) is 2.38. The first-order chi connectivity index (χ1) is 9.61. The third-order valence-corrected chi connectivity index (χ3v) is 5.57. The minimum absolute atomic E-state index is 0.0532. The molecule has 102 valence electrons. The smallest absolute Gasteiger partial charge is 0.242 e. The number of benzene rings is 2. The van der Waals surface area contributed by atoms with Crippen molar-refractivity contribution in [3.8, 4) is 11.1 Å². The Hall–Kier alpha value is -0.780. The summed E-state index contributed by atoms with van der Waals surface area (Å²) in [6, 6.07) is 12.2. The maximum absolute atomic E-state index is 12.0.